The molecular weight excluding hydrogens is 262 g/mol. The molecule has 2 rings (SSSR count). The van der Waals surface area contributed by atoms with Crippen LogP contribution in [0.2, 0.25) is 0 Å². The first-order chi connectivity index (χ1) is 9.88. The molecule has 1 aliphatic rings. The molecule has 0 bridgehead atoms. The molecule has 0 aliphatic carbocycles. The van der Waals surface area contributed by atoms with E-state index in [1.54, 1.807) is 19.0 Å². The lowest BCUT2D eigenvalue weighted by molar-refractivity contribution is 0.0827. The Morgan fingerprint density at radius 2 is 2.10 bits per heavy atom. The molecule has 1 saturated heterocycles. The van der Waals surface area contributed by atoms with Gasteiger partial charge in [-0.2, -0.15) is 0 Å². The minimum absolute atomic E-state index is 0.0507. The van der Waals surface area contributed by atoms with E-state index in [0.717, 1.165) is 30.6 Å². The number of anilines is 1. The highest BCUT2D eigenvalue weighted by Crippen LogP contribution is 2.23. The SMILES string of the molecule is Cc1ccc(C(=O)N(C)C)cc1NC1CCN(C)C(C)C1. The van der Waals surface area contributed by atoms with Crippen molar-refractivity contribution in [2.24, 2.45) is 0 Å². The number of aryl methyl sites for hydroxylation is 1. The van der Waals surface area contributed by atoms with E-state index in [9.17, 15) is 4.79 Å². The van der Waals surface area contributed by atoms with Gasteiger partial charge in [0, 0.05) is 44.0 Å². The van der Waals surface area contributed by atoms with Gasteiger partial charge in [0.1, 0.15) is 0 Å². The highest BCUT2D eigenvalue weighted by Gasteiger charge is 2.23. The molecule has 0 aromatic heterocycles. The summed E-state index contributed by atoms with van der Waals surface area (Å²) in [5, 5.41) is 3.64. The molecule has 0 saturated carbocycles. The van der Waals surface area contributed by atoms with Gasteiger partial charge in [-0.15, -0.1) is 0 Å². The number of piperidine rings is 1. The smallest absolute Gasteiger partial charge is 0.253 e. The normalized spacial score (nSPS) is 22.9. The monoisotopic (exact) mass is 289 g/mol. The third-order valence-electron chi connectivity index (χ3n) is 4.46. The van der Waals surface area contributed by atoms with Gasteiger partial charge in [0.05, 0.1) is 0 Å². The summed E-state index contributed by atoms with van der Waals surface area (Å²) in [4.78, 5) is 16.1. The van der Waals surface area contributed by atoms with E-state index in [4.69, 9.17) is 0 Å². The minimum atomic E-state index is 0.0507. The van der Waals surface area contributed by atoms with Crippen LogP contribution in [-0.2, 0) is 0 Å². The number of hydrogen-bond donors (Lipinski definition) is 1. The van der Waals surface area contributed by atoms with Gasteiger partial charge in [0.25, 0.3) is 5.91 Å². The molecule has 4 nitrogen and oxygen atoms in total. The number of carbonyl (C=O) groups is 1. The van der Waals surface area contributed by atoms with Gasteiger partial charge in [-0.3, -0.25) is 4.79 Å². The number of nitrogens with zero attached hydrogens (tertiary/aromatic N) is 2. The first-order valence-corrected chi connectivity index (χ1v) is 7.67. The summed E-state index contributed by atoms with van der Waals surface area (Å²) < 4.78 is 0. The number of rotatable bonds is 3. The summed E-state index contributed by atoms with van der Waals surface area (Å²) in [6.07, 6.45) is 2.29. The van der Waals surface area contributed by atoms with Crippen LogP contribution < -0.4 is 5.32 Å². The molecule has 116 valence electrons. The van der Waals surface area contributed by atoms with Crippen molar-refractivity contribution < 1.29 is 4.79 Å². The maximum atomic E-state index is 12.1. The molecule has 1 amide bonds. The van der Waals surface area contributed by atoms with E-state index in [1.807, 2.05) is 18.2 Å². The lowest BCUT2D eigenvalue weighted by atomic mass is 9.98. The van der Waals surface area contributed by atoms with Gasteiger partial charge in [0.15, 0.2) is 0 Å². The molecule has 1 heterocycles. The van der Waals surface area contributed by atoms with Crippen molar-refractivity contribution >= 4 is 11.6 Å². The lowest BCUT2D eigenvalue weighted by Crippen LogP contribution is -2.42. The fraction of sp³-hybridized carbons (Fsp3) is 0.588. The van der Waals surface area contributed by atoms with Gasteiger partial charge in [-0.25, -0.2) is 0 Å². The molecule has 4 heteroatoms. The van der Waals surface area contributed by atoms with Gasteiger partial charge < -0.3 is 15.1 Å². The molecule has 0 spiro atoms. The molecule has 2 atom stereocenters. The molecule has 1 aromatic rings. The zero-order valence-electron chi connectivity index (χ0n) is 13.8. The molecule has 2 unspecified atom stereocenters. The van der Waals surface area contributed by atoms with Crippen LogP contribution in [0.15, 0.2) is 18.2 Å². The van der Waals surface area contributed by atoms with E-state index >= 15 is 0 Å². The minimum Gasteiger partial charge on any atom is -0.382 e. The molecule has 21 heavy (non-hydrogen) atoms. The first-order valence-electron chi connectivity index (χ1n) is 7.67. The zero-order valence-corrected chi connectivity index (χ0v) is 13.8. The fourth-order valence-corrected chi connectivity index (χ4v) is 2.81. The van der Waals surface area contributed by atoms with Gasteiger partial charge in [-0.1, -0.05) is 6.07 Å². The van der Waals surface area contributed by atoms with Crippen LogP contribution in [0, 0.1) is 6.92 Å². The molecule has 1 fully saturated rings. The standard InChI is InChI=1S/C17H27N3O/c1-12-6-7-14(17(21)19(3)4)11-16(12)18-15-8-9-20(5)13(2)10-15/h6-7,11,13,15,18H,8-10H2,1-5H3. The number of benzene rings is 1. The van der Waals surface area contributed by atoms with E-state index in [-0.39, 0.29) is 5.91 Å². The fourth-order valence-electron chi connectivity index (χ4n) is 2.81. The quantitative estimate of drug-likeness (QED) is 0.929. The Balaban J connectivity index is 2.12. The Kier molecular flexibility index (Phi) is 4.88. The predicted molar refractivity (Wildman–Crippen MR) is 87.9 cm³/mol. The average Bonchev–Trinajstić information content (AvgIpc) is 2.44. The van der Waals surface area contributed by atoms with Crippen LogP contribution in [0.25, 0.3) is 0 Å². The predicted octanol–water partition coefficient (Wildman–Crippen LogP) is 2.59. The average molecular weight is 289 g/mol. The maximum absolute atomic E-state index is 12.1. The van der Waals surface area contributed by atoms with Crippen LogP contribution >= 0.6 is 0 Å². The molecule has 0 radical (unpaired) electrons. The number of amides is 1. The summed E-state index contributed by atoms with van der Waals surface area (Å²) in [5.74, 6) is 0.0507. The molecule has 1 aliphatic heterocycles. The Labute approximate surface area is 128 Å². The van der Waals surface area contributed by atoms with Crippen molar-refractivity contribution in [2.75, 3.05) is 33.0 Å². The van der Waals surface area contributed by atoms with Crippen LogP contribution in [0.1, 0.15) is 35.7 Å². The Morgan fingerprint density at radius 3 is 2.71 bits per heavy atom. The number of hydrogen-bond acceptors (Lipinski definition) is 3. The Morgan fingerprint density at radius 1 is 1.38 bits per heavy atom. The second-order valence-electron chi connectivity index (χ2n) is 6.42. The number of carbonyl (C=O) groups excluding carboxylic acids is 1. The topological polar surface area (TPSA) is 35.6 Å². The Bertz CT molecular complexity index is 513. The summed E-state index contributed by atoms with van der Waals surface area (Å²) >= 11 is 0. The summed E-state index contributed by atoms with van der Waals surface area (Å²) in [6.45, 7) is 5.48. The van der Waals surface area contributed by atoms with Crippen LogP contribution in [0.5, 0.6) is 0 Å². The lowest BCUT2D eigenvalue weighted by Gasteiger charge is -2.36. The number of nitrogens with one attached hydrogen (secondary N) is 1. The first kappa shape index (κ1) is 15.8. The van der Waals surface area contributed by atoms with Crippen molar-refractivity contribution in [2.45, 2.75) is 38.8 Å². The highest BCUT2D eigenvalue weighted by atomic mass is 16.2. The molecular formula is C17H27N3O. The second kappa shape index (κ2) is 6.48. The van der Waals surface area contributed by atoms with E-state index in [2.05, 4.69) is 31.1 Å². The summed E-state index contributed by atoms with van der Waals surface area (Å²) in [5.41, 5.74) is 3.02. The second-order valence-corrected chi connectivity index (χ2v) is 6.42. The van der Waals surface area contributed by atoms with Crippen molar-refractivity contribution in [3.8, 4) is 0 Å². The summed E-state index contributed by atoms with van der Waals surface area (Å²) in [7, 11) is 5.75. The van der Waals surface area contributed by atoms with E-state index in [0.29, 0.717) is 12.1 Å². The van der Waals surface area contributed by atoms with E-state index < -0.39 is 0 Å². The van der Waals surface area contributed by atoms with E-state index in [1.165, 1.54) is 5.56 Å². The zero-order chi connectivity index (χ0) is 15.6. The van der Waals surface area contributed by atoms with Crippen molar-refractivity contribution in [3.05, 3.63) is 29.3 Å². The van der Waals surface area contributed by atoms with Crippen LogP contribution in [-0.4, -0.2) is 55.5 Å². The molecule has 1 aromatic carbocycles. The third-order valence-corrected chi connectivity index (χ3v) is 4.46. The van der Waals surface area contributed by atoms with Gasteiger partial charge in [-0.05, 0) is 51.4 Å². The summed E-state index contributed by atoms with van der Waals surface area (Å²) in [6, 6.07) is 7.00. The maximum Gasteiger partial charge on any atom is 0.253 e. The van der Waals surface area contributed by atoms with Crippen LogP contribution in [0.4, 0.5) is 5.69 Å². The van der Waals surface area contributed by atoms with Crippen molar-refractivity contribution in [1.82, 2.24) is 9.80 Å². The van der Waals surface area contributed by atoms with Crippen LogP contribution in [0.3, 0.4) is 0 Å². The third kappa shape index (κ3) is 3.76. The Hall–Kier alpha value is -1.55. The highest BCUT2D eigenvalue weighted by molar-refractivity contribution is 5.95. The van der Waals surface area contributed by atoms with Crippen molar-refractivity contribution in [1.29, 1.82) is 0 Å². The van der Waals surface area contributed by atoms with Gasteiger partial charge >= 0.3 is 0 Å². The molecule has 1 N–H and O–H groups in total. The van der Waals surface area contributed by atoms with Crippen molar-refractivity contribution in [3.63, 3.8) is 0 Å². The van der Waals surface area contributed by atoms with Gasteiger partial charge in [0.2, 0.25) is 0 Å². The largest absolute Gasteiger partial charge is 0.382 e. The number of likely N-dealkylation sites (tertiary alicyclic amines) is 1.